The van der Waals surface area contributed by atoms with E-state index in [1.165, 1.54) is 0 Å². The summed E-state index contributed by atoms with van der Waals surface area (Å²) >= 11 is 0. The van der Waals surface area contributed by atoms with Crippen LogP contribution in [0, 0.1) is 0 Å². The Hall–Kier alpha value is -1.40. The number of benzene rings is 1. The molecule has 0 radical (unpaired) electrons. The van der Waals surface area contributed by atoms with E-state index in [4.69, 9.17) is 5.11 Å². The highest BCUT2D eigenvalue weighted by Crippen LogP contribution is 2.32. The molecule has 1 aromatic heterocycles. The Morgan fingerprint density at radius 3 is 2.61 bits per heavy atom. The number of aliphatic hydroxyl groups is 3. The minimum atomic E-state index is -0.950. The van der Waals surface area contributed by atoms with Crippen LogP contribution in [0.4, 0.5) is 0 Å². The van der Waals surface area contributed by atoms with Gasteiger partial charge in [0.25, 0.3) is 0 Å². The largest absolute Gasteiger partial charge is 0.395 e. The fourth-order valence-electron chi connectivity index (χ4n) is 2.65. The van der Waals surface area contributed by atoms with Crippen LogP contribution in [0.15, 0.2) is 30.5 Å². The molecule has 1 fully saturated rings. The minimum absolute atomic E-state index is 0.197. The molecule has 18 heavy (non-hydrogen) atoms. The van der Waals surface area contributed by atoms with E-state index in [1.807, 2.05) is 30.5 Å². The Bertz CT molecular complexity index is 554. The van der Waals surface area contributed by atoms with E-state index < -0.39 is 18.2 Å². The van der Waals surface area contributed by atoms with Crippen LogP contribution >= 0.6 is 0 Å². The van der Waals surface area contributed by atoms with Gasteiger partial charge in [-0.1, -0.05) is 18.2 Å². The van der Waals surface area contributed by atoms with Crippen LogP contribution in [0.2, 0.25) is 0 Å². The fourth-order valence-corrected chi connectivity index (χ4v) is 2.65. The third-order valence-corrected chi connectivity index (χ3v) is 3.65. The highest BCUT2D eigenvalue weighted by atomic mass is 16.3. The molecule has 1 saturated heterocycles. The fraction of sp³-hybridized carbons (Fsp3) is 0.385. The van der Waals surface area contributed by atoms with Gasteiger partial charge in [0.2, 0.25) is 0 Å². The molecule has 0 amide bonds. The molecular weight excluding hydrogens is 232 g/mol. The zero-order chi connectivity index (χ0) is 12.7. The molecule has 4 atom stereocenters. The van der Waals surface area contributed by atoms with E-state index >= 15 is 0 Å². The van der Waals surface area contributed by atoms with Gasteiger partial charge in [-0.15, -0.1) is 0 Å². The molecular formula is C13H16N2O3. The molecule has 2 aromatic rings. The van der Waals surface area contributed by atoms with Gasteiger partial charge < -0.3 is 25.6 Å². The third kappa shape index (κ3) is 1.64. The van der Waals surface area contributed by atoms with Crippen molar-refractivity contribution < 1.29 is 15.3 Å². The van der Waals surface area contributed by atoms with E-state index in [9.17, 15) is 10.2 Å². The monoisotopic (exact) mass is 248 g/mol. The lowest BCUT2D eigenvalue weighted by atomic mass is 10.0. The number of rotatable bonds is 2. The van der Waals surface area contributed by atoms with E-state index in [2.05, 4.69) is 10.3 Å². The van der Waals surface area contributed by atoms with Crippen molar-refractivity contribution in [3.63, 3.8) is 0 Å². The number of nitrogens with one attached hydrogen (secondary N) is 2. The minimum Gasteiger partial charge on any atom is -0.395 e. The average molecular weight is 248 g/mol. The lowest BCUT2D eigenvalue weighted by molar-refractivity contribution is 0.0196. The van der Waals surface area contributed by atoms with Crippen LogP contribution in [-0.4, -0.2) is 45.2 Å². The third-order valence-electron chi connectivity index (χ3n) is 3.65. The summed E-state index contributed by atoms with van der Waals surface area (Å²) in [6.45, 7) is -0.197. The summed E-state index contributed by atoms with van der Waals surface area (Å²) < 4.78 is 0. The second-order valence-corrected chi connectivity index (χ2v) is 4.70. The summed E-state index contributed by atoms with van der Waals surface area (Å²) in [6, 6.07) is 6.94. The summed E-state index contributed by atoms with van der Waals surface area (Å²) in [5.74, 6) is 0. The van der Waals surface area contributed by atoms with Gasteiger partial charge in [0, 0.05) is 17.1 Å². The lowest BCUT2D eigenvalue weighted by Crippen LogP contribution is -2.35. The normalized spacial score (nSPS) is 32.2. The van der Waals surface area contributed by atoms with Gasteiger partial charge in [-0.3, -0.25) is 0 Å². The first-order valence-corrected chi connectivity index (χ1v) is 6.01. The molecule has 5 nitrogen and oxygen atoms in total. The first-order valence-electron chi connectivity index (χ1n) is 6.01. The molecule has 0 saturated carbocycles. The molecule has 0 aliphatic carbocycles. The van der Waals surface area contributed by atoms with E-state index in [0.717, 1.165) is 16.5 Å². The Morgan fingerprint density at radius 2 is 1.89 bits per heavy atom. The Kier molecular flexibility index (Phi) is 2.83. The molecule has 1 aliphatic rings. The smallest absolute Gasteiger partial charge is 0.101 e. The maximum absolute atomic E-state index is 10.1. The van der Waals surface area contributed by atoms with Gasteiger partial charge in [-0.05, 0) is 11.6 Å². The van der Waals surface area contributed by atoms with Crippen LogP contribution in [0.3, 0.4) is 0 Å². The maximum Gasteiger partial charge on any atom is 0.101 e. The van der Waals surface area contributed by atoms with Crippen molar-refractivity contribution in [2.45, 2.75) is 24.3 Å². The SMILES string of the molecule is OC[C@H]1N[C@@H](c2c[nH]c3ccccc23)[C@H](O)[C@H]1O. The zero-order valence-corrected chi connectivity index (χ0v) is 9.74. The van der Waals surface area contributed by atoms with Gasteiger partial charge in [0.05, 0.1) is 24.8 Å². The van der Waals surface area contributed by atoms with Crippen molar-refractivity contribution in [2.24, 2.45) is 0 Å². The number of aromatic nitrogens is 1. The summed E-state index contributed by atoms with van der Waals surface area (Å²) in [4.78, 5) is 3.14. The van der Waals surface area contributed by atoms with Gasteiger partial charge in [-0.2, -0.15) is 0 Å². The summed E-state index contributed by atoms with van der Waals surface area (Å²) in [5, 5.41) is 33.1. The Labute approximate surface area is 104 Å². The number of hydrogen-bond donors (Lipinski definition) is 5. The molecule has 0 unspecified atom stereocenters. The predicted octanol–water partition coefficient (Wildman–Crippen LogP) is -0.105. The highest BCUT2D eigenvalue weighted by Gasteiger charge is 2.41. The number of aromatic amines is 1. The second kappa shape index (κ2) is 4.37. The van der Waals surface area contributed by atoms with E-state index in [-0.39, 0.29) is 12.6 Å². The number of para-hydroxylation sites is 1. The molecule has 1 aliphatic heterocycles. The van der Waals surface area contributed by atoms with Crippen molar-refractivity contribution in [1.29, 1.82) is 0 Å². The molecule has 3 rings (SSSR count). The quantitative estimate of drug-likeness (QED) is 0.513. The number of hydrogen-bond acceptors (Lipinski definition) is 4. The average Bonchev–Trinajstić information content (AvgIpc) is 2.93. The molecule has 1 aromatic carbocycles. The number of fused-ring (bicyclic) bond motifs is 1. The van der Waals surface area contributed by atoms with Gasteiger partial charge in [0.15, 0.2) is 0 Å². The van der Waals surface area contributed by atoms with Gasteiger partial charge >= 0.3 is 0 Å². The molecule has 0 bridgehead atoms. The van der Waals surface area contributed by atoms with Gasteiger partial charge in [0.1, 0.15) is 6.10 Å². The van der Waals surface area contributed by atoms with Crippen LogP contribution in [-0.2, 0) is 0 Å². The zero-order valence-electron chi connectivity index (χ0n) is 9.74. The summed E-state index contributed by atoms with van der Waals surface area (Å²) in [5.41, 5.74) is 1.90. The van der Waals surface area contributed by atoms with E-state index in [0.29, 0.717) is 0 Å². The van der Waals surface area contributed by atoms with Crippen molar-refractivity contribution in [3.8, 4) is 0 Å². The van der Waals surface area contributed by atoms with Crippen LogP contribution in [0.25, 0.3) is 10.9 Å². The van der Waals surface area contributed by atoms with Crippen LogP contribution in [0.5, 0.6) is 0 Å². The molecule has 5 N–H and O–H groups in total. The summed E-state index contributed by atoms with van der Waals surface area (Å²) in [6.07, 6.45) is -0.0343. The van der Waals surface area contributed by atoms with Crippen molar-refractivity contribution in [3.05, 3.63) is 36.0 Å². The first-order chi connectivity index (χ1) is 8.72. The second-order valence-electron chi connectivity index (χ2n) is 4.70. The highest BCUT2D eigenvalue weighted by molar-refractivity contribution is 5.83. The first kappa shape index (κ1) is 11.7. The standard InChI is InChI=1S/C13H16N2O3/c16-6-10-12(17)13(18)11(15-10)8-5-14-9-4-2-1-3-7(8)9/h1-5,10-18H,6H2/t10-,11+,12+,13+/m1/s1. The van der Waals surface area contributed by atoms with Crippen LogP contribution in [0.1, 0.15) is 11.6 Å². The van der Waals surface area contributed by atoms with Crippen LogP contribution < -0.4 is 5.32 Å². The topological polar surface area (TPSA) is 88.5 Å². The van der Waals surface area contributed by atoms with Crippen molar-refractivity contribution >= 4 is 10.9 Å². The molecule has 2 heterocycles. The van der Waals surface area contributed by atoms with Crippen molar-refractivity contribution in [2.75, 3.05) is 6.61 Å². The van der Waals surface area contributed by atoms with Crippen molar-refractivity contribution in [1.82, 2.24) is 10.3 Å². The van der Waals surface area contributed by atoms with E-state index in [1.54, 1.807) is 0 Å². The maximum atomic E-state index is 10.1. The molecule has 0 spiro atoms. The Morgan fingerprint density at radius 1 is 1.11 bits per heavy atom. The summed E-state index contributed by atoms with van der Waals surface area (Å²) in [7, 11) is 0. The van der Waals surface area contributed by atoms with Gasteiger partial charge in [-0.25, -0.2) is 0 Å². The molecule has 96 valence electrons. The number of H-pyrrole nitrogens is 1. The lowest BCUT2D eigenvalue weighted by Gasteiger charge is -2.15. The number of aliphatic hydroxyl groups excluding tert-OH is 3. The molecule has 5 heteroatoms. The predicted molar refractivity (Wildman–Crippen MR) is 67.1 cm³/mol. The Balaban J connectivity index is 2.00.